The van der Waals surface area contributed by atoms with Gasteiger partial charge in [0.15, 0.2) is 0 Å². The number of nitrogens with zero attached hydrogens (tertiary/aromatic N) is 1. The number of carbonyl (C=O) groups is 2. The van der Waals surface area contributed by atoms with E-state index in [1.165, 1.54) is 37.6 Å². The Bertz CT molecular complexity index is 1510. The van der Waals surface area contributed by atoms with Crippen LogP contribution in [0.1, 0.15) is 64.4 Å². The third-order valence-electron chi connectivity index (χ3n) is 7.50. The SMILES string of the molecule is CCCCCCN1C(=O)c2ccc3c4ccc(C)c5c(C)ccc(c6ccc(c2c36)C1=O)c54. The largest absolute Gasteiger partial charge is 0.274 e. The van der Waals surface area contributed by atoms with E-state index in [1.54, 1.807) is 0 Å². The highest BCUT2D eigenvalue weighted by Gasteiger charge is 2.33. The molecule has 0 spiro atoms. The minimum absolute atomic E-state index is 0.156. The maximum Gasteiger partial charge on any atom is 0.261 e. The number of hydrogen-bond donors (Lipinski definition) is 0. The second-order valence-corrected chi connectivity index (χ2v) is 9.50. The third kappa shape index (κ3) is 2.68. The lowest BCUT2D eigenvalue weighted by atomic mass is 9.83. The average Bonchev–Trinajstić information content (AvgIpc) is 2.82. The molecule has 5 aromatic rings. The molecule has 0 unspecified atom stereocenters. The fraction of sp³-hybridized carbons (Fsp3) is 0.267. The standard InChI is InChI=1S/C30H27NO2/c1-4-5-6-7-16-31-29(32)23-14-12-21-19-10-8-17(2)25-18(3)9-11-20(26(19)25)22-13-15-24(30(31)33)28(23)27(21)22/h8-15H,4-7,16H2,1-3H3. The van der Waals surface area contributed by atoms with Crippen molar-refractivity contribution in [3.05, 3.63) is 70.8 Å². The van der Waals surface area contributed by atoms with Gasteiger partial charge in [0.1, 0.15) is 0 Å². The lowest BCUT2D eigenvalue weighted by Gasteiger charge is -2.28. The normalized spacial score (nSPS) is 14.0. The van der Waals surface area contributed by atoms with Crippen molar-refractivity contribution < 1.29 is 9.59 Å². The zero-order valence-electron chi connectivity index (χ0n) is 19.4. The van der Waals surface area contributed by atoms with Crippen molar-refractivity contribution in [2.45, 2.75) is 46.5 Å². The Balaban J connectivity index is 1.66. The predicted molar refractivity (Wildman–Crippen MR) is 137 cm³/mol. The molecule has 0 bridgehead atoms. The monoisotopic (exact) mass is 433 g/mol. The minimum atomic E-state index is -0.156. The highest BCUT2D eigenvalue weighted by atomic mass is 16.2. The Morgan fingerprint density at radius 2 is 1.06 bits per heavy atom. The van der Waals surface area contributed by atoms with E-state index in [0.29, 0.717) is 17.7 Å². The number of aryl methyl sites for hydroxylation is 2. The summed E-state index contributed by atoms with van der Waals surface area (Å²) in [7, 11) is 0. The Morgan fingerprint density at radius 1 is 0.576 bits per heavy atom. The van der Waals surface area contributed by atoms with Crippen LogP contribution in [0.25, 0.3) is 43.1 Å². The van der Waals surface area contributed by atoms with Gasteiger partial charge in [-0.2, -0.15) is 0 Å². The Morgan fingerprint density at radius 3 is 1.58 bits per heavy atom. The molecule has 164 valence electrons. The summed E-state index contributed by atoms with van der Waals surface area (Å²) in [6.07, 6.45) is 4.14. The van der Waals surface area contributed by atoms with E-state index in [4.69, 9.17) is 0 Å². The molecular weight excluding hydrogens is 406 g/mol. The predicted octanol–water partition coefficient (Wildman–Crippen LogP) is 7.53. The van der Waals surface area contributed by atoms with Crippen molar-refractivity contribution in [1.29, 1.82) is 0 Å². The highest BCUT2D eigenvalue weighted by Crippen LogP contribution is 2.44. The Hall–Kier alpha value is -3.46. The van der Waals surface area contributed by atoms with Gasteiger partial charge in [0.05, 0.1) is 0 Å². The molecule has 0 saturated carbocycles. The summed E-state index contributed by atoms with van der Waals surface area (Å²) in [4.78, 5) is 28.3. The van der Waals surface area contributed by atoms with Gasteiger partial charge in [-0.15, -0.1) is 0 Å². The Labute approximate surface area is 193 Å². The number of rotatable bonds is 5. The van der Waals surface area contributed by atoms with Gasteiger partial charge in [0.2, 0.25) is 0 Å². The molecule has 2 amide bonds. The van der Waals surface area contributed by atoms with Crippen LogP contribution in [0.3, 0.4) is 0 Å². The summed E-state index contributed by atoms with van der Waals surface area (Å²) >= 11 is 0. The van der Waals surface area contributed by atoms with Crippen LogP contribution in [0.5, 0.6) is 0 Å². The lowest BCUT2D eigenvalue weighted by Crippen LogP contribution is -2.40. The van der Waals surface area contributed by atoms with Gasteiger partial charge >= 0.3 is 0 Å². The van der Waals surface area contributed by atoms with Gasteiger partial charge in [-0.25, -0.2) is 0 Å². The van der Waals surface area contributed by atoms with Crippen molar-refractivity contribution in [1.82, 2.24) is 4.90 Å². The number of carbonyl (C=O) groups excluding carboxylic acids is 2. The van der Waals surface area contributed by atoms with Crippen LogP contribution >= 0.6 is 0 Å². The molecule has 0 N–H and O–H groups in total. The van der Waals surface area contributed by atoms with Crippen LogP contribution in [0.4, 0.5) is 0 Å². The van der Waals surface area contributed by atoms with Crippen LogP contribution in [-0.4, -0.2) is 23.3 Å². The van der Waals surface area contributed by atoms with Gasteiger partial charge in [0, 0.05) is 23.1 Å². The second-order valence-electron chi connectivity index (χ2n) is 9.50. The summed E-state index contributed by atoms with van der Waals surface area (Å²) < 4.78 is 0. The smallest absolute Gasteiger partial charge is 0.261 e. The van der Waals surface area contributed by atoms with E-state index in [0.717, 1.165) is 47.2 Å². The number of hydrogen-bond acceptors (Lipinski definition) is 2. The highest BCUT2D eigenvalue weighted by molar-refractivity contribution is 6.38. The molecule has 1 aliphatic heterocycles. The topological polar surface area (TPSA) is 37.4 Å². The van der Waals surface area contributed by atoms with Crippen molar-refractivity contribution in [3.8, 4) is 0 Å². The maximum absolute atomic E-state index is 13.4. The van der Waals surface area contributed by atoms with E-state index >= 15 is 0 Å². The van der Waals surface area contributed by atoms with Gasteiger partial charge in [0.25, 0.3) is 11.8 Å². The first-order chi connectivity index (χ1) is 16.0. The Kier molecular flexibility index (Phi) is 4.45. The van der Waals surface area contributed by atoms with Crippen molar-refractivity contribution in [2.24, 2.45) is 0 Å². The quantitative estimate of drug-likeness (QED) is 0.124. The van der Waals surface area contributed by atoms with Crippen molar-refractivity contribution >= 4 is 54.9 Å². The third-order valence-corrected chi connectivity index (χ3v) is 7.50. The van der Waals surface area contributed by atoms with Crippen molar-refractivity contribution in [3.63, 3.8) is 0 Å². The van der Waals surface area contributed by atoms with Crippen LogP contribution in [-0.2, 0) is 0 Å². The first-order valence-corrected chi connectivity index (χ1v) is 12.0. The second kappa shape index (κ2) is 7.28. The molecule has 1 aliphatic rings. The molecular formula is C30H27NO2. The van der Waals surface area contributed by atoms with Crippen LogP contribution in [0.15, 0.2) is 48.5 Å². The molecule has 3 heteroatoms. The first kappa shape index (κ1) is 20.2. The van der Waals surface area contributed by atoms with Gasteiger partial charge < -0.3 is 0 Å². The lowest BCUT2D eigenvalue weighted by molar-refractivity contribution is 0.0608. The molecule has 33 heavy (non-hydrogen) atoms. The van der Waals surface area contributed by atoms with E-state index in [-0.39, 0.29) is 11.8 Å². The van der Waals surface area contributed by atoms with E-state index in [1.807, 2.05) is 12.1 Å². The molecule has 3 nitrogen and oxygen atoms in total. The summed E-state index contributed by atoms with van der Waals surface area (Å²) in [6, 6.07) is 16.8. The summed E-state index contributed by atoms with van der Waals surface area (Å²) in [5.41, 5.74) is 3.84. The number of amides is 2. The molecule has 0 atom stereocenters. The van der Waals surface area contributed by atoms with Gasteiger partial charge in [-0.1, -0.05) is 62.6 Å². The van der Waals surface area contributed by atoms with E-state index < -0.39 is 0 Å². The van der Waals surface area contributed by atoms with Crippen LogP contribution in [0.2, 0.25) is 0 Å². The fourth-order valence-corrected chi connectivity index (χ4v) is 5.90. The molecule has 0 saturated heterocycles. The summed E-state index contributed by atoms with van der Waals surface area (Å²) in [5, 5.41) is 9.05. The molecule has 0 radical (unpaired) electrons. The average molecular weight is 434 g/mol. The first-order valence-electron chi connectivity index (χ1n) is 12.0. The summed E-state index contributed by atoms with van der Waals surface area (Å²) in [5.74, 6) is -0.312. The van der Waals surface area contributed by atoms with E-state index in [2.05, 4.69) is 57.2 Å². The minimum Gasteiger partial charge on any atom is -0.274 e. The van der Waals surface area contributed by atoms with E-state index in [9.17, 15) is 9.59 Å². The molecule has 0 fully saturated rings. The number of benzene rings is 5. The van der Waals surface area contributed by atoms with Gasteiger partial charge in [-0.05, 0) is 81.2 Å². The van der Waals surface area contributed by atoms with Crippen LogP contribution < -0.4 is 0 Å². The molecule has 0 aliphatic carbocycles. The fourth-order valence-electron chi connectivity index (χ4n) is 5.90. The zero-order chi connectivity index (χ0) is 22.9. The zero-order valence-corrected chi connectivity index (χ0v) is 19.4. The molecule has 1 heterocycles. The van der Waals surface area contributed by atoms with Crippen molar-refractivity contribution in [2.75, 3.05) is 6.54 Å². The van der Waals surface area contributed by atoms with Crippen LogP contribution in [0, 0.1) is 13.8 Å². The summed E-state index contributed by atoms with van der Waals surface area (Å²) in [6.45, 7) is 6.98. The number of imide groups is 1. The molecule has 0 aromatic heterocycles. The van der Waals surface area contributed by atoms with Gasteiger partial charge in [-0.3, -0.25) is 14.5 Å². The number of unbranched alkanes of at least 4 members (excludes halogenated alkanes) is 3. The maximum atomic E-state index is 13.4. The molecule has 6 rings (SSSR count). The molecule has 5 aromatic carbocycles. The number of fused-ring (bicyclic) bond motifs is 2.